The Hall–Kier alpha value is -0.210. The van der Waals surface area contributed by atoms with Gasteiger partial charge in [0.05, 0.1) is 5.69 Å². The summed E-state index contributed by atoms with van der Waals surface area (Å²) < 4.78 is 1.10. The van der Waals surface area contributed by atoms with E-state index in [1.807, 2.05) is 18.2 Å². The molecular formula is C15H21BrClN. The molecule has 0 spiro atoms. The fraction of sp³-hybridized carbons (Fsp3) is 0.600. The van der Waals surface area contributed by atoms with Crippen LogP contribution in [0.1, 0.15) is 45.4 Å². The van der Waals surface area contributed by atoms with E-state index >= 15 is 0 Å². The summed E-state index contributed by atoms with van der Waals surface area (Å²) >= 11 is 9.63. The lowest BCUT2D eigenvalue weighted by Gasteiger charge is -2.19. The Morgan fingerprint density at radius 3 is 2.89 bits per heavy atom. The summed E-state index contributed by atoms with van der Waals surface area (Å²) in [7, 11) is 0. The molecule has 0 saturated heterocycles. The Morgan fingerprint density at radius 1 is 1.28 bits per heavy atom. The molecule has 0 aromatic heterocycles. The lowest BCUT2D eigenvalue weighted by atomic mass is 9.98. The van der Waals surface area contributed by atoms with Gasteiger partial charge in [-0.05, 0) is 59.3 Å². The summed E-state index contributed by atoms with van der Waals surface area (Å²) in [6.45, 7) is 2.31. The maximum absolute atomic E-state index is 6.05. The van der Waals surface area contributed by atoms with Crippen LogP contribution in [0.2, 0.25) is 5.02 Å². The zero-order chi connectivity index (χ0) is 13.0. The van der Waals surface area contributed by atoms with Crippen molar-refractivity contribution in [2.24, 2.45) is 5.92 Å². The summed E-state index contributed by atoms with van der Waals surface area (Å²) in [6.07, 6.45) is 7.96. The standard InChI is InChI=1S/C15H21BrClN/c1-2-11-4-3-5-13(8-6-11)18-15-10-12(17)7-9-14(15)16/h7,9-11,13,18H,2-6,8H2,1H3. The minimum Gasteiger partial charge on any atom is -0.381 e. The second kappa shape index (κ2) is 6.81. The van der Waals surface area contributed by atoms with E-state index in [1.165, 1.54) is 38.5 Å². The van der Waals surface area contributed by atoms with Crippen molar-refractivity contribution in [1.29, 1.82) is 0 Å². The summed E-state index contributed by atoms with van der Waals surface area (Å²) in [5.74, 6) is 0.930. The lowest BCUT2D eigenvalue weighted by Crippen LogP contribution is -2.18. The summed E-state index contributed by atoms with van der Waals surface area (Å²) in [4.78, 5) is 0. The molecule has 1 fully saturated rings. The minimum absolute atomic E-state index is 0.594. The Labute approximate surface area is 123 Å². The van der Waals surface area contributed by atoms with Gasteiger partial charge in [0.25, 0.3) is 0 Å². The monoisotopic (exact) mass is 329 g/mol. The van der Waals surface area contributed by atoms with Gasteiger partial charge < -0.3 is 5.32 Å². The lowest BCUT2D eigenvalue weighted by molar-refractivity contribution is 0.444. The molecule has 1 aromatic rings. The van der Waals surface area contributed by atoms with Crippen molar-refractivity contribution >= 4 is 33.2 Å². The van der Waals surface area contributed by atoms with Gasteiger partial charge in [0.1, 0.15) is 0 Å². The predicted molar refractivity (Wildman–Crippen MR) is 83.4 cm³/mol. The smallest absolute Gasteiger partial charge is 0.0501 e. The zero-order valence-electron chi connectivity index (χ0n) is 10.9. The van der Waals surface area contributed by atoms with Gasteiger partial charge in [-0.1, -0.05) is 37.8 Å². The molecule has 0 amide bonds. The Balaban J connectivity index is 1.98. The topological polar surface area (TPSA) is 12.0 Å². The molecule has 0 aliphatic heterocycles. The average molecular weight is 331 g/mol. The van der Waals surface area contributed by atoms with E-state index in [-0.39, 0.29) is 0 Å². The van der Waals surface area contributed by atoms with Crippen molar-refractivity contribution in [2.75, 3.05) is 5.32 Å². The molecule has 2 atom stereocenters. The van der Waals surface area contributed by atoms with Gasteiger partial charge in [0.2, 0.25) is 0 Å². The van der Waals surface area contributed by atoms with E-state index in [2.05, 4.69) is 28.2 Å². The number of rotatable bonds is 3. The molecule has 0 radical (unpaired) electrons. The molecule has 3 heteroatoms. The normalized spacial score (nSPS) is 24.6. The van der Waals surface area contributed by atoms with Crippen LogP contribution in [0.25, 0.3) is 0 Å². The highest BCUT2D eigenvalue weighted by Crippen LogP contribution is 2.31. The maximum Gasteiger partial charge on any atom is 0.0501 e. The van der Waals surface area contributed by atoms with Crippen LogP contribution in [0.4, 0.5) is 5.69 Å². The van der Waals surface area contributed by atoms with E-state index in [1.54, 1.807) is 0 Å². The quantitative estimate of drug-likeness (QED) is 0.683. The number of anilines is 1. The van der Waals surface area contributed by atoms with Crippen molar-refractivity contribution in [3.8, 4) is 0 Å². The highest BCUT2D eigenvalue weighted by molar-refractivity contribution is 9.10. The van der Waals surface area contributed by atoms with Crippen molar-refractivity contribution in [1.82, 2.24) is 0 Å². The number of halogens is 2. The van der Waals surface area contributed by atoms with Crippen LogP contribution < -0.4 is 5.32 Å². The average Bonchev–Trinajstić information content (AvgIpc) is 2.59. The molecule has 18 heavy (non-hydrogen) atoms. The fourth-order valence-electron chi connectivity index (χ4n) is 2.76. The molecule has 1 aliphatic rings. The third kappa shape index (κ3) is 3.89. The van der Waals surface area contributed by atoms with Gasteiger partial charge in [0.15, 0.2) is 0 Å². The number of benzene rings is 1. The molecule has 1 N–H and O–H groups in total. The molecule has 1 nitrogen and oxygen atoms in total. The van der Waals surface area contributed by atoms with Crippen molar-refractivity contribution in [3.05, 3.63) is 27.7 Å². The fourth-order valence-corrected chi connectivity index (χ4v) is 3.29. The highest BCUT2D eigenvalue weighted by Gasteiger charge is 2.18. The highest BCUT2D eigenvalue weighted by atomic mass is 79.9. The summed E-state index contributed by atoms with van der Waals surface area (Å²) in [5, 5.41) is 4.44. The second-order valence-corrected chi connectivity index (χ2v) is 6.54. The first-order chi connectivity index (χ1) is 8.69. The molecule has 1 saturated carbocycles. The first kappa shape index (κ1) is 14.2. The van der Waals surface area contributed by atoms with Gasteiger partial charge in [-0.15, -0.1) is 0 Å². The number of hydrogen-bond donors (Lipinski definition) is 1. The largest absolute Gasteiger partial charge is 0.381 e. The molecule has 2 unspecified atom stereocenters. The van der Waals surface area contributed by atoms with Gasteiger partial charge >= 0.3 is 0 Å². The van der Waals surface area contributed by atoms with E-state index < -0.39 is 0 Å². The molecule has 0 bridgehead atoms. The summed E-state index contributed by atoms with van der Waals surface area (Å²) in [5.41, 5.74) is 1.13. The Kier molecular flexibility index (Phi) is 5.38. The zero-order valence-corrected chi connectivity index (χ0v) is 13.2. The first-order valence-corrected chi connectivity index (χ1v) is 8.07. The second-order valence-electron chi connectivity index (χ2n) is 5.25. The van der Waals surface area contributed by atoms with E-state index in [0.717, 1.165) is 21.1 Å². The van der Waals surface area contributed by atoms with Crippen LogP contribution in [0.3, 0.4) is 0 Å². The summed E-state index contributed by atoms with van der Waals surface area (Å²) in [6, 6.07) is 6.53. The van der Waals surface area contributed by atoms with Crippen molar-refractivity contribution in [3.63, 3.8) is 0 Å². The van der Waals surface area contributed by atoms with Crippen LogP contribution in [-0.2, 0) is 0 Å². The molecule has 0 heterocycles. The molecule has 2 rings (SSSR count). The molecule has 1 aliphatic carbocycles. The Bertz CT molecular complexity index is 394. The Morgan fingerprint density at radius 2 is 2.11 bits per heavy atom. The molecule has 100 valence electrons. The number of nitrogens with one attached hydrogen (secondary N) is 1. The first-order valence-electron chi connectivity index (χ1n) is 6.90. The van der Waals surface area contributed by atoms with E-state index in [9.17, 15) is 0 Å². The van der Waals surface area contributed by atoms with Gasteiger partial charge in [-0.2, -0.15) is 0 Å². The van der Waals surface area contributed by atoms with Crippen LogP contribution in [0.15, 0.2) is 22.7 Å². The van der Waals surface area contributed by atoms with Crippen molar-refractivity contribution in [2.45, 2.75) is 51.5 Å². The van der Waals surface area contributed by atoms with Gasteiger partial charge in [-0.3, -0.25) is 0 Å². The van der Waals surface area contributed by atoms with E-state index in [4.69, 9.17) is 11.6 Å². The molecule has 1 aromatic carbocycles. The van der Waals surface area contributed by atoms with Crippen LogP contribution in [0.5, 0.6) is 0 Å². The third-order valence-corrected chi connectivity index (χ3v) is 4.88. The number of hydrogen-bond acceptors (Lipinski definition) is 1. The van der Waals surface area contributed by atoms with Crippen LogP contribution >= 0.6 is 27.5 Å². The van der Waals surface area contributed by atoms with Crippen LogP contribution in [-0.4, -0.2) is 6.04 Å². The molecular weight excluding hydrogens is 310 g/mol. The maximum atomic E-state index is 6.05. The van der Waals surface area contributed by atoms with Crippen molar-refractivity contribution < 1.29 is 0 Å². The predicted octanol–water partition coefficient (Wildman–Crippen LogP) is 5.87. The minimum atomic E-state index is 0.594. The van der Waals surface area contributed by atoms with Gasteiger partial charge in [0, 0.05) is 15.5 Å². The van der Waals surface area contributed by atoms with E-state index in [0.29, 0.717) is 6.04 Å². The van der Waals surface area contributed by atoms with Crippen LogP contribution in [0, 0.1) is 5.92 Å². The SMILES string of the molecule is CCC1CCCC(Nc2cc(Cl)ccc2Br)CC1. The van der Waals surface area contributed by atoms with Gasteiger partial charge in [-0.25, -0.2) is 0 Å². The third-order valence-electron chi connectivity index (χ3n) is 3.95.